The van der Waals surface area contributed by atoms with Gasteiger partial charge in [0.15, 0.2) is 0 Å². The first kappa shape index (κ1) is 12.6. The number of carbonyl (C=O) groups is 2. The maximum Gasteiger partial charge on any atom is 0.326 e. The number of aliphatic carboxylic acids is 1. The number of hydrogen-bond acceptors (Lipinski definition) is 3. The number of H-pyrrole nitrogens is 1. The second-order valence-corrected chi connectivity index (χ2v) is 5.01. The number of nitrogens with zero attached hydrogens (tertiary/aromatic N) is 2. The Morgan fingerprint density at radius 3 is 2.94 bits per heavy atom. The minimum atomic E-state index is -0.972. The SMILES string of the molecule is CC(C)CC(=O)N1Cc2[nH]cnc2CC1C(=O)O. The summed E-state index contributed by atoms with van der Waals surface area (Å²) in [6.45, 7) is 4.19. The van der Waals surface area contributed by atoms with Crippen LogP contribution in [0.15, 0.2) is 6.33 Å². The highest BCUT2D eigenvalue weighted by atomic mass is 16.4. The van der Waals surface area contributed by atoms with E-state index >= 15 is 0 Å². The maximum atomic E-state index is 12.1. The topological polar surface area (TPSA) is 86.3 Å². The van der Waals surface area contributed by atoms with Crippen LogP contribution in [0.5, 0.6) is 0 Å². The van der Waals surface area contributed by atoms with Crippen LogP contribution < -0.4 is 0 Å². The van der Waals surface area contributed by atoms with Gasteiger partial charge in [-0.3, -0.25) is 4.79 Å². The van der Waals surface area contributed by atoms with Crippen molar-refractivity contribution in [3.63, 3.8) is 0 Å². The highest BCUT2D eigenvalue weighted by Gasteiger charge is 2.35. The molecule has 0 aliphatic carbocycles. The number of carboxylic acids is 1. The molecular formula is C12H17N3O3. The van der Waals surface area contributed by atoms with E-state index in [0.29, 0.717) is 13.0 Å². The van der Waals surface area contributed by atoms with E-state index in [1.165, 1.54) is 4.90 Å². The van der Waals surface area contributed by atoms with Gasteiger partial charge in [0.25, 0.3) is 0 Å². The summed E-state index contributed by atoms with van der Waals surface area (Å²) >= 11 is 0. The number of nitrogens with one attached hydrogen (secondary N) is 1. The first-order chi connectivity index (χ1) is 8.49. The molecule has 2 heterocycles. The maximum absolute atomic E-state index is 12.1. The van der Waals surface area contributed by atoms with Gasteiger partial charge in [-0.15, -0.1) is 0 Å². The molecule has 0 saturated heterocycles. The Bertz CT molecular complexity index is 467. The Hall–Kier alpha value is -1.85. The number of rotatable bonds is 3. The van der Waals surface area contributed by atoms with Gasteiger partial charge in [-0.1, -0.05) is 13.8 Å². The smallest absolute Gasteiger partial charge is 0.326 e. The molecule has 1 aromatic heterocycles. The van der Waals surface area contributed by atoms with E-state index in [4.69, 9.17) is 0 Å². The zero-order valence-corrected chi connectivity index (χ0v) is 10.5. The summed E-state index contributed by atoms with van der Waals surface area (Å²) in [5.41, 5.74) is 1.58. The Morgan fingerprint density at radius 2 is 2.33 bits per heavy atom. The van der Waals surface area contributed by atoms with Gasteiger partial charge in [-0.05, 0) is 5.92 Å². The molecule has 0 bridgehead atoms. The average Bonchev–Trinajstić information content (AvgIpc) is 2.72. The standard InChI is InChI=1S/C12H17N3O3/c1-7(2)3-11(16)15-5-9-8(13-6-14-9)4-10(15)12(17)18/h6-7,10H,3-5H2,1-2H3,(H,13,14)(H,17,18). The fourth-order valence-electron chi connectivity index (χ4n) is 2.19. The largest absolute Gasteiger partial charge is 0.480 e. The van der Waals surface area contributed by atoms with Crippen LogP contribution in [0.4, 0.5) is 0 Å². The number of fused-ring (bicyclic) bond motifs is 1. The molecule has 2 rings (SSSR count). The van der Waals surface area contributed by atoms with Crippen molar-refractivity contribution in [2.75, 3.05) is 0 Å². The summed E-state index contributed by atoms with van der Waals surface area (Å²) in [5.74, 6) is -0.867. The van der Waals surface area contributed by atoms with E-state index in [0.717, 1.165) is 11.4 Å². The molecule has 1 aliphatic rings. The van der Waals surface area contributed by atoms with Gasteiger partial charge in [0, 0.05) is 12.8 Å². The zero-order chi connectivity index (χ0) is 13.3. The molecule has 0 fully saturated rings. The number of aromatic amines is 1. The van der Waals surface area contributed by atoms with E-state index in [9.17, 15) is 14.7 Å². The van der Waals surface area contributed by atoms with Gasteiger partial charge in [0.05, 0.1) is 24.3 Å². The van der Waals surface area contributed by atoms with Gasteiger partial charge < -0.3 is 15.0 Å². The van der Waals surface area contributed by atoms with Crippen molar-refractivity contribution in [3.05, 3.63) is 17.7 Å². The van der Waals surface area contributed by atoms with Crippen LogP contribution in [0.2, 0.25) is 0 Å². The molecule has 1 unspecified atom stereocenters. The van der Waals surface area contributed by atoms with Gasteiger partial charge in [-0.25, -0.2) is 9.78 Å². The molecule has 6 nitrogen and oxygen atoms in total. The molecule has 98 valence electrons. The average molecular weight is 251 g/mol. The monoisotopic (exact) mass is 251 g/mol. The van der Waals surface area contributed by atoms with Crippen molar-refractivity contribution in [1.82, 2.24) is 14.9 Å². The Kier molecular flexibility index (Phi) is 3.36. The molecule has 6 heteroatoms. The van der Waals surface area contributed by atoms with Crippen molar-refractivity contribution < 1.29 is 14.7 Å². The minimum absolute atomic E-state index is 0.113. The van der Waals surface area contributed by atoms with Gasteiger partial charge in [-0.2, -0.15) is 0 Å². The lowest BCUT2D eigenvalue weighted by molar-refractivity contribution is -0.151. The Balaban J connectivity index is 2.22. The van der Waals surface area contributed by atoms with Crippen molar-refractivity contribution in [3.8, 4) is 0 Å². The molecular weight excluding hydrogens is 234 g/mol. The highest BCUT2D eigenvalue weighted by molar-refractivity contribution is 5.84. The highest BCUT2D eigenvalue weighted by Crippen LogP contribution is 2.22. The number of carboxylic acid groups (broad SMARTS) is 1. The zero-order valence-electron chi connectivity index (χ0n) is 10.5. The molecule has 1 atom stereocenters. The first-order valence-electron chi connectivity index (χ1n) is 6.02. The van der Waals surface area contributed by atoms with E-state index in [1.807, 2.05) is 13.8 Å². The van der Waals surface area contributed by atoms with Crippen molar-refractivity contribution >= 4 is 11.9 Å². The molecule has 18 heavy (non-hydrogen) atoms. The van der Waals surface area contributed by atoms with Gasteiger partial charge in [0.1, 0.15) is 6.04 Å². The molecule has 0 spiro atoms. The number of hydrogen-bond donors (Lipinski definition) is 2. The van der Waals surface area contributed by atoms with Crippen LogP contribution in [0.3, 0.4) is 0 Å². The van der Waals surface area contributed by atoms with Crippen LogP contribution in [-0.2, 0) is 22.6 Å². The first-order valence-corrected chi connectivity index (χ1v) is 6.02. The number of amides is 1. The molecule has 1 aliphatic heterocycles. The third-order valence-electron chi connectivity index (χ3n) is 3.09. The second-order valence-electron chi connectivity index (χ2n) is 5.01. The summed E-state index contributed by atoms with van der Waals surface area (Å²) in [4.78, 5) is 31.8. The Morgan fingerprint density at radius 1 is 1.61 bits per heavy atom. The lowest BCUT2D eigenvalue weighted by Crippen LogP contribution is -2.49. The number of aromatic nitrogens is 2. The summed E-state index contributed by atoms with van der Waals surface area (Å²) in [6.07, 6.45) is 2.19. The number of imidazole rings is 1. The lowest BCUT2D eigenvalue weighted by atomic mass is 10.0. The van der Waals surface area contributed by atoms with Crippen LogP contribution >= 0.6 is 0 Å². The molecule has 1 aromatic rings. The minimum Gasteiger partial charge on any atom is -0.480 e. The number of carbonyl (C=O) groups excluding carboxylic acids is 1. The Labute approximate surface area is 105 Å². The molecule has 2 N–H and O–H groups in total. The second kappa shape index (κ2) is 4.80. The third-order valence-corrected chi connectivity index (χ3v) is 3.09. The van der Waals surface area contributed by atoms with Crippen LogP contribution in [0, 0.1) is 5.92 Å². The predicted octanol–water partition coefficient (Wildman–Crippen LogP) is 0.794. The van der Waals surface area contributed by atoms with Crippen molar-refractivity contribution in [1.29, 1.82) is 0 Å². The molecule has 0 aromatic carbocycles. The lowest BCUT2D eigenvalue weighted by Gasteiger charge is -2.32. The van der Waals surface area contributed by atoms with E-state index in [1.54, 1.807) is 6.33 Å². The van der Waals surface area contributed by atoms with E-state index in [-0.39, 0.29) is 18.2 Å². The fourth-order valence-corrected chi connectivity index (χ4v) is 2.19. The predicted molar refractivity (Wildman–Crippen MR) is 63.7 cm³/mol. The summed E-state index contributed by atoms with van der Waals surface area (Å²) in [7, 11) is 0. The normalized spacial score (nSPS) is 18.8. The summed E-state index contributed by atoms with van der Waals surface area (Å²) in [6, 6.07) is -0.799. The summed E-state index contributed by atoms with van der Waals surface area (Å²) in [5, 5.41) is 9.22. The third kappa shape index (κ3) is 2.37. The van der Waals surface area contributed by atoms with Crippen molar-refractivity contribution in [2.24, 2.45) is 5.92 Å². The molecule has 1 amide bonds. The molecule has 0 radical (unpaired) electrons. The van der Waals surface area contributed by atoms with Gasteiger partial charge in [0.2, 0.25) is 5.91 Å². The summed E-state index contributed by atoms with van der Waals surface area (Å²) < 4.78 is 0. The van der Waals surface area contributed by atoms with Crippen molar-refractivity contribution in [2.45, 2.75) is 39.3 Å². The van der Waals surface area contributed by atoms with Crippen LogP contribution in [-0.4, -0.2) is 37.9 Å². The van der Waals surface area contributed by atoms with Gasteiger partial charge >= 0.3 is 5.97 Å². The van der Waals surface area contributed by atoms with Crippen LogP contribution in [0.1, 0.15) is 31.7 Å². The van der Waals surface area contributed by atoms with Crippen LogP contribution in [0.25, 0.3) is 0 Å². The van der Waals surface area contributed by atoms with E-state index in [2.05, 4.69) is 9.97 Å². The quantitative estimate of drug-likeness (QED) is 0.831. The molecule has 0 saturated carbocycles. The fraction of sp³-hybridized carbons (Fsp3) is 0.583. The van der Waals surface area contributed by atoms with E-state index < -0.39 is 12.0 Å².